The van der Waals surface area contributed by atoms with Gasteiger partial charge in [-0.2, -0.15) is 0 Å². The molecule has 0 saturated carbocycles. The summed E-state index contributed by atoms with van der Waals surface area (Å²) in [7, 11) is 0. The molecular weight excluding hydrogens is 306 g/mol. The van der Waals surface area contributed by atoms with Crippen molar-refractivity contribution >= 4 is 11.9 Å². The van der Waals surface area contributed by atoms with Crippen molar-refractivity contribution in [3.63, 3.8) is 0 Å². The lowest BCUT2D eigenvalue weighted by Crippen LogP contribution is -3.11. The molecule has 0 spiro atoms. The van der Waals surface area contributed by atoms with Crippen LogP contribution in [0.15, 0.2) is 40.7 Å². The molecule has 1 fully saturated rings. The van der Waals surface area contributed by atoms with Gasteiger partial charge in [0.2, 0.25) is 5.78 Å². The van der Waals surface area contributed by atoms with E-state index in [1.807, 2.05) is 0 Å². The number of Topliss-reactive ketones (excluding diaryl/α,β-unsaturated/α-hetero) is 1. The first-order valence-corrected chi connectivity index (χ1v) is 8.36. The van der Waals surface area contributed by atoms with E-state index in [4.69, 9.17) is 9.15 Å². The number of nitrogens with one attached hydrogen (secondary N) is 1. The van der Waals surface area contributed by atoms with Crippen LogP contribution in [0.3, 0.4) is 0 Å². The highest BCUT2D eigenvalue weighted by molar-refractivity contribution is 6.14. The van der Waals surface area contributed by atoms with Crippen LogP contribution < -0.4 is 14.7 Å². The molecule has 124 valence electrons. The molecule has 3 heterocycles. The number of allylic oxidation sites excluding steroid dienone is 1. The number of ether oxygens (including phenoxy) is 1. The van der Waals surface area contributed by atoms with Crippen molar-refractivity contribution in [2.45, 2.75) is 25.8 Å². The van der Waals surface area contributed by atoms with Gasteiger partial charge >= 0.3 is 0 Å². The maximum Gasteiger partial charge on any atom is 0.232 e. The standard InChI is InChI=1S/C19H19NO4/c21-16-7-6-14-18(22)17(11-13-5-4-10-23-13)24-19(14)15(16)12-20-8-2-1-3-9-20/h4-7,10-11,21H,1-3,8-9,12H2. The van der Waals surface area contributed by atoms with Crippen molar-refractivity contribution in [3.05, 3.63) is 53.2 Å². The van der Waals surface area contributed by atoms with E-state index in [1.54, 1.807) is 30.5 Å². The number of carbonyl (C=O) groups is 1. The molecule has 1 saturated heterocycles. The molecule has 4 rings (SSSR count). The largest absolute Gasteiger partial charge is 0.872 e. The first-order chi connectivity index (χ1) is 11.7. The van der Waals surface area contributed by atoms with Gasteiger partial charge in [0.15, 0.2) is 5.76 Å². The van der Waals surface area contributed by atoms with E-state index in [2.05, 4.69) is 0 Å². The predicted molar refractivity (Wildman–Crippen MR) is 85.8 cm³/mol. The third kappa shape index (κ3) is 2.71. The van der Waals surface area contributed by atoms with Crippen LogP contribution >= 0.6 is 0 Å². The molecule has 2 aliphatic rings. The Morgan fingerprint density at radius 3 is 2.75 bits per heavy atom. The van der Waals surface area contributed by atoms with E-state index in [0.717, 1.165) is 13.1 Å². The number of hydrogen-bond donors (Lipinski definition) is 1. The van der Waals surface area contributed by atoms with Crippen LogP contribution in [0.5, 0.6) is 11.5 Å². The third-order valence-corrected chi connectivity index (χ3v) is 4.70. The summed E-state index contributed by atoms with van der Waals surface area (Å²) in [5.74, 6) is 0.940. The van der Waals surface area contributed by atoms with Crippen molar-refractivity contribution in [2.24, 2.45) is 0 Å². The molecule has 1 aromatic carbocycles. The van der Waals surface area contributed by atoms with Crippen molar-refractivity contribution in [2.75, 3.05) is 13.1 Å². The topological polar surface area (TPSA) is 66.9 Å². The SMILES string of the molecule is O=C1C(=Cc2ccco2)Oc2c1ccc([O-])c2C[NH+]1CCCCC1. The van der Waals surface area contributed by atoms with Gasteiger partial charge in [-0.15, -0.1) is 0 Å². The number of piperidine rings is 1. The average Bonchev–Trinajstić information content (AvgIpc) is 3.21. The van der Waals surface area contributed by atoms with Gasteiger partial charge in [0.1, 0.15) is 18.1 Å². The van der Waals surface area contributed by atoms with Gasteiger partial charge in [-0.25, -0.2) is 0 Å². The summed E-state index contributed by atoms with van der Waals surface area (Å²) in [6, 6.07) is 6.55. The number of fused-ring (bicyclic) bond motifs is 1. The van der Waals surface area contributed by atoms with Gasteiger partial charge < -0.3 is 19.2 Å². The van der Waals surface area contributed by atoms with Crippen LogP contribution in [0.4, 0.5) is 0 Å². The molecule has 0 radical (unpaired) electrons. The Labute approximate surface area is 140 Å². The summed E-state index contributed by atoms with van der Waals surface area (Å²) >= 11 is 0. The van der Waals surface area contributed by atoms with Gasteiger partial charge in [0.05, 0.1) is 24.9 Å². The first-order valence-electron chi connectivity index (χ1n) is 8.36. The Morgan fingerprint density at radius 1 is 1.17 bits per heavy atom. The van der Waals surface area contributed by atoms with E-state index in [9.17, 15) is 9.90 Å². The normalized spacial score (nSPS) is 19.5. The van der Waals surface area contributed by atoms with Gasteiger partial charge in [0, 0.05) is 11.6 Å². The second kappa shape index (κ2) is 6.17. The molecule has 2 aliphatic heterocycles. The molecule has 0 atom stereocenters. The van der Waals surface area contributed by atoms with Crippen LogP contribution in [0.25, 0.3) is 6.08 Å². The van der Waals surface area contributed by atoms with E-state index < -0.39 is 0 Å². The van der Waals surface area contributed by atoms with Crippen molar-refractivity contribution in [1.82, 2.24) is 0 Å². The Balaban J connectivity index is 1.66. The maximum atomic E-state index is 12.5. The number of quaternary nitrogens is 1. The molecule has 2 aromatic rings. The third-order valence-electron chi connectivity index (χ3n) is 4.70. The fraction of sp³-hybridized carbons (Fsp3) is 0.316. The van der Waals surface area contributed by atoms with Gasteiger partial charge in [0.25, 0.3) is 0 Å². The first kappa shape index (κ1) is 15.0. The van der Waals surface area contributed by atoms with Crippen LogP contribution in [0, 0.1) is 0 Å². The number of carbonyl (C=O) groups excluding carboxylic acids is 1. The summed E-state index contributed by atoms with van der Waals surface area (Å²) in [4.78, 5) is 13.9. The van der Waals surface area contributed by atoms with Gasteiger partial charge in [-0.05, 0) is 37.5 Å². The summed E-state index contributed by atoms with van der Waals surface area (Å²) in [5, 5.41) is 12.3. The monoisotopic (exact) mass is 325 g/mol. The Hall–Kier alpha value is -2.53. The van der Waals surface area contributed by atoms with Gasteiger partial charge in [-0.1, -0.05) is 11.8 Å². The molecule has 1 aromatic heterocycles. The van der Waals surface area contributed by atoms with Crippen LogP contribution in [-0.4, -0.2) is 18.9 Å². The van der Waals surface area contributed by atoms with Crippen molar-refractivity contribution in [3.8, 4) is 11.5 Å². The lowest BCUT2D eigenvalue weighted by Gasteiger charge is -2.26. The smallest absolute Gasteiger partial charge is 0.232 e. The number of ketones is 1. The number of likely N-dealkylation sites (tertiary alicyclic amines) is 1. The maximum absolute atomic E-state index is 12.5. The number of rotatable bonds is 3. The zero-order valence-corrected chi connectivity index (χ0v) is 13.3. The predicted octanol–water partition coefficient (Wildman–Crippen LogP) is 1.54. The van der Waals surface area contributed by atoms with E-state index in [0.29, 0.717) is 29.2 Å². The molecule has 24 heavy (non-hydrogen) atoms. The number of benzene rings is 1. The summed E-state index contributed by atoms with van der Waals surface area (Å²) in [6.07, 6.45) is 6.74. The Morgan fingerprint density at radius 2 is 2.00 bits per heavy atom. The quantitative estimate of drug-likeness (QED) is 0.869. The van der Waals surface area contributed by atoms with Crippen LogP contribution in [-0.2, 0) is 6.54 Å². The summed E-state index contributed by atoms with van der Waals surface area (Å²) < 4.78 is 11.0. The lowest BCUT2D eigenvalue weighted by atomic mass is 10.0. The average molecular weight is 325 g/mol. The minimum Gasteiger partial charge on any atom is -0.872 e. The molecule has 0 amide bonds. The van der Waals surface area contributed by atoms with E-state index in [1.165, 1.54) is 30.2 Å². The molecule has 0 aliphatic carbocycles. The number of hydrogen-bond acceptors (Lipinski definition) is 4. The highest BCUT2D eigenvalue weighted by atomic mass is 16.5. The molecule has 0 bridgehead atoms. The van der Waals surface area contributed by atoms with Gasteiger partial charge in [-0.3, -0.25) is 4.79 Å². The van der Waals surface area contributed by atoms with Crippen LogP contribution in [0.2, 0.25) is 0 Å². The van der Waals surface area contributed by atoms with Crippen molar-refractivity contribution in [1.29, 1.82) is 0 Å². The highest BCUT2D eigenvalue weighted by Crippen LogP contribution is 2.38. The minimum absolute atomic E-state index is 0.0566. The molecule has 5 nitrogen and oxygen atoms in total. The second-order valence-corrected chi connectivity index (χ2v) is 6.36. The highest BCUT2D eigenvalue weighted by Gasteiger charge is 2.31. The Bertz CT molecular complexity index is 786. The van der Waals surface area contributed by atoms with Crippen molar-refractivity contribution < 1.29 is 24.0 Å². The van der Waals surface area contributed by atoms with E-state index in [-0.39, 0.29) is 17.3 Å². The zero-order valence-electron chi connectivity index (χ0n) is 13.3. The lowest BCUT2D eigenvalue weighted by molar-refractivity contribution is -0.918. The fourth-order valence-corrected chi connectivity index (χ4v) is 3.44. The minimum atomic E-state index is -0.198. The second-order valence-electron chi connectivity index (χ2n) is 6.36. The fourth-order valence-electron chi connectivity index (χ4n) is 3.44. The zero-order chi connectivity index (χ0) is 16.5. The molecular formula is C19H19NO4. The Kier molecular flexibility index (Phi) is 3.86. The summed E-state index contributed by atoms with van der Waals surface area (Å²) in [6.45, 7) is 2.74. The summed E-state index contributed by atoms with van der Waals surface area (Å²) in [5.41, 5.74) is 1.08. The molecule has 0 unspecified atom stereocenters. The molecule has 5 heteroatoms. The molecule has 1 N–H and O–H groups in total. The van der Waals surface area contributed by atoms with E-state index >= 15 is 0 Å². The number of furan rings is 1. The van der Waals surface area contributed by atoms with Crippen LogP contribution in [0.1, 0.15) is 40.9 Å².